The van der Waals surface area contributed by atoms with Crippen molar-refractivity contribution in [1.82, 2.24) is 10.3 Å². The van der Waals surface area contributed by atoms with Crippen LogP contribution in [-0.2, 0) is 19.4 Å². The highest BCUT2D eigenvalue weighted by Gasteiger charge is 2.12. The molecule has 0 atom stereocenters. The van der Waals surface area contributed by atoms with Crippen LogP contribution in [0.4, 0.5) is 0 Å². The fraction of sp³-hybridized carbons (Fsp3) is 0.353. The summed E-state index contributed by atoms with van der Waals surface area (Å²) in [7, 11) is 0. The van der Waals surface area contributed by atoms with Crippen molar-refractivity contribution in [3.05, 3.63) is 53.2 Å². The lowest BCUT2D eigenvalue weighted by molar-refractivity contribution is 0.711. The fourth-order valence-electron chi connectivity index (χ4n) is 2.63. The highest BCUT2D eigenvalue weighted by Crippen LogP contribution is 2.32. The van der Waals surface area contributed by atoms with Gasteiger partial charge in [0.05, 0.1) is 0 Å². The molecule has 1 aromatic carbocycles. The van der Waals surface area contributed by atoms with E-state index < -0.39 is 0 Å². The average molecular weight is 284 g/mol. The van der Waals surface area contributed by atoms with Gasteiger partial charge in [-0.3, -0.25) is 0 Å². The number of nitrogens with zero attached hydrogens (tertiary/aromatic N) is 1. The normalized spacial score (nSPS) is 13.4. The highest BCUT2D eigenvalue weighted by atomic mass is 32.2. The van der Waals surface area contributed by atoms with Crippen LogP contribution in [0.5, 0.6) is 0 Å². The van der Waals surface area contributed by atoms with E-state index in [0.717, 1.165) is 18.1 Å². The first-order valence-electron chi connectivity index (χ1n) is 7.31. The maximum Gasteiger partial charge on any atom is 0.105 e. The van der Waals surface area contributed by atoms with E-state index in [0.29, 0.717) is 0 Å². The van der Waals surface area contributed by atoms with Gasteiger partial charge in [0.1, 0.15) is 5.03 Å². The molecule has 1 aromatic heterocycles. The Morgan fingerprint density at radius 1 is 1.20 bits per heavy atom. The number of nitrogens with one attached hydrogen (secondary N) is 1. The molecule has 0 bridgehead atoms. The van der Waals surface area contributed by atoms with Gasteiger partial charge in [-0.1, -0.05) is 30.8 Å². The van der Waals surface area contributed by atoms with Crippen molar-refractivity contribution in [2.75, 3.05) is 6.54 Å². The predicted molar refractivity (Wildman–Crippen MR) is 84.2 cm³/mol. The zero-order chi connectivity index (χ0) is 13.8. The summed E-state index contributed by atoms with van der Waals surface area (Å²) in [6, 6.07) is 11.0. The minimum atomic E-state index is 0.887. The van der Waals surface area contributed by atoms with Crippen LogP contribution in [0.15, 0.2) is 46.5 Å². The van der Waals surface area contributed by atoms with E-state index in [9.17, 15) is 0 Å². The number of hydrogen-bond acceptors (Lipinski definition) is 3. The van der Waals surface area contributed by atoms with E-state index in [1.54, 1.807) is 11.8 Å². The van der Waals surface area contributed by atoms with Crippen molar-refractivity contribution in [3.8, 4) is 0 Å². The number of fused-ring (bicyclic) bond motifs is 1. The third-order valence-corrected chi connectivity index (χ3v) is 4.75. The van der Waals surface area contributed by atoms with Gasteiger partial charge in [-0.2, -0.15) is 0 Å². The highest BCUT2D eigenvalue weighted by molar-refractivity contribution is 7.99. The zero-order valence-corrected chi connectivity index (χ0v) is 12.7. The molecule has 3 rings (SSSR count). The van der Waals surface area contributed by atoms with Gasteiger partial charge in [0.25, 0.3) is 0 Å². The lowest BCUT2D eigenvalue weighted by Crippen LogP contribution is -2.12. The van der Waals surface area contributed by atoms with E-state index in [-0.39, 0.29) is 0 Å². The Balaban J connectivity index is 1.80. The largest absolute Gasteiger partial charge is 0.313 e. The molecule has 0 saturated heterocycles. The minimum Gasteiger partial charge on any atom is -0.313 e. The summed E-state index contributed by atoms with van der Waals surface area (Å²) in [5.41, 5.74) is 4.34. The summed E-state index contributed by atoms with van der Waals surface area (Å²) >= 11 is 1.78. The summed E-state index contributed by atoms with van der Waals surface area (Å²) in [4.78, 5) is 5.85. The van der Waals surface area contributed by atoms with Gasteiger partial charge in [-0.15, -0.1) is 0 Å². The second-order valence-corrected chi connectivity index (χ2v) is 6.20. The minimum absolute atomic E-state index is 0.887. The molecule has 0 amide bonds. The van der Waals surface area contributed by atoms with Crippen molar-refractivity contribution in [3.63, 3.8) is 0 Å². The Morgan fingerprint density at radius 3 is 3.00 bits per heavy atom. The number of hydrogen-bond donors (Lipinski definition) is 1. The van der Waals surface area contributed by atoms with Gasteiger partial charge in [0, 0.05) is 17.6 Å². The molecule has 0 unspecified atom stereocenters. The molecule has 1 aliphatic carbocycles. The Kier molecular flexibility index (Phi) is 4.38. The van der Waals surface area contributed by atoms with Crippen molar-refractivity contribution in [2.45, 2.75) is 42.7 Å². The molecule has 0 spiro atoms. The third kappa shape index (κ3) is 3.05. The molecule has 3 heteroatoms. The second-order valence-electron chi connectivity index (χ2n) is 5.13. The first-order valence-corrected chi connectivity index (χ1v) is 8.12. The van der Waals surface area contributed by atoms with Crippen molar-refractivity contribution in [2.24, 2.45) is 0 Å². The molecule has 2 aromatic rings. The van der Waals surface area contributed by atoms with Gasteiger partial charge < -0.3 is 5.32 Å². The Labute approximate surface area is 125 Å². The molecule has 2 nitrogen and oxygen atoms in total. The van der Waals surface area contributed by atoms with Crippen LogP contribution >= 0.6 is 11.8 Å². The van der Waals surface area contributed by atoms with Crippen LogP contribution in [0.2, 0.25) is 0 Å². The van der Waals surface area contributed by atoms with Gasteiger partial charge in [-0.25, -0.2) is 4.98 Å². The van der Waals surface area contributed by atoms with Crippen molar-refractivity contribution >= 4 is 11.8 Å². The number of pyridine rings is 1. The van der Waals surface area contributed by atoms with E-state index >= 15 is 0 Å². The molecular weight excluding hydrogens is 264 g/mol. The predicted octanol–water partition coefficient (Wildman–Crippen LogP) is 3.83. The van der Waals surface area contributed by atoms with Gasteiger partial charge in [0.2, 0.25) is 0 Å². The topological polar surface area (TPSA) is 24.9 Å². The number of aromatic nitrogens is 1. The maximum atomic E-state index is 4.54. The molecular formula is C17H20N2S. The summed E-state index contributed by atoms with van der Waals surface area (Å²) in [5.74, 6) is 0. The van der Waals surface area contributed by atoms with Crippen LogP contribution < -0.4 is 5.32 Å². The zero-order valence-electron chi connectivity index (χ0n) is 11.9. The smallest absolute Gasteiger partial charge is 0.105 e. The summed E-state index contributed by atoms with van der Waals surface area (Å²) in [6.45, 7) is 4.00. The first-order chi connectivity index (χ1) is 9.86. The van der Waals surface area contributed by atoms with Gasteiger partial charge in [-0.05, 0) is 60.7 Å². The molecule has 104 valence electrons. The molecule has 1 aliphatic rings. The van der Waals surface area contributed by atoms with Crippen molar-refractivity contribution < 1.29 is 0 Å². The Hall–Kier alpha value is -1.32. The first kappa shape index (κ1) is 13.7. The SMILES string of the molecule is CCNCc1cccnc1Sc1ccc2c(c1)CCC2. The summed E-state index contributed by atoms with van der Waals surface area (Å²) in [6.07, 6.45) is 5.66. The molecule has 1 heterocycles. The molecule has 0 saturated carbocycles. The Bertz CT molecular complexity index is 595. The van der Waals surface area contributed by atoms with Crippen LogP contribution in [-0.4, -0.2) is 11.5 Å². The average Bonchev–Trinajstić information content (AvgIpc) is 2.94. The van der Waals surface area contributed by atoms with Crippen LogP contribution in [0.1, 0.15) is 30.0 Å². The lowest BCUT2D eigenvalue weighted by Gasteiger charge is -2.09. The number of benzene rings is 1. The van der Waals surface area contributed by atoms with Gasteiger partial charge in [0.15, 0.2) is 0 Å². The lowest BCUT2D eigenvalue weighted by atomic mass is 10.1. The van der Waals surface area contributed by atoms with E-state index in [1.165, 1.54) is 40.8 Å². The van der Waals surface area contributed by atoms with Crippen LogP contribution in [0.3, 0.4) is 0 Å². The maximum absolute atomic E-state index is 4.54. The molecule has 0 aliphatic heterocycles. The Morgan fingerprint density at radius 2 is 2.10 bits per heavy atom. The van der Waals surface area contributed by atoms with E-state index in [2.05, 4.69) is 41.5 Å². The molecule has 1 N–H and O–H groups in total. The van der Waals surface area contributed by atoms with E-state index in [4.69, 9.17) is 0 Å². The molecule has 0 fully saturated rings. The standard InChI is InChI=1S/C17H20N2S/c1-2-18-12-15-7-4-10-19-17(15)20-16-9-8-13-5-3-6-14(13)11-16/h4,7-11,18H,2-3,5-6,12H2,1H3. The third-order valence-electron chi connectivity index (χ3n) is 3.70. The fourth-order valence-corrected chi connectivity index (χ4v) is 3.58. The van der Waals surface area contributed by atoms with E-state index in [1.807, 2.05) is 12.3 Å². The number of aryl methyl sites for hydroxylation is 2. The second kappa shape index (κ2) is 6.42. The van der Waals surface area contributed by atoms with Crippen molar-refractivity contribution in [1.29, 1.82) is 0 Å². The van der Waals surface area contributed by atoms with Crippen LogP contribution in [0.25, 0.3) is 0 Å². The van der Waals surface area contributed by atoms with Gasteiger partial charge >= 0.3 is 0 Å². The molecule has 20 heavy (non-hydrogen) atoms. The number of rotatable bonds is 5. The monoisotopic (exact) mass is 284 g/mol. The quantitative estimate of drug-likeness (QED) is 0.903. The van der Waals surface area contributed by atoms with Crippen LogP contribution in [0, 0.1) is 0 Å². The molecule has 0 radical (unpaired) electrons. The summed E-state index contributed by atoms with van der Waals surface area (Å²) < 4.78 is 0. The summed E-state index contributed by atoms with van der Waals surface area (Å²) in [5, 5.41) is 4.50.